The van der Waals surface area contributed by atoms with Gasteiger partial charge in [-0.3, -0.25) is 10.1 Å². The molecule has 0 aromatic heterocycles. The molecule has 1 amide bonds. The Bertz CT molecular complexity index is 647. The van der Waals surface area contributed by atoms with Crippen molar-refractivity contribution in [2.24, 2.45) is 0 Å². The van der Waals surface area contributed by atoms with Crippen LogP contribution in [0.4, 0.5) is 16.2 Å². The molecule has 2 fully saturated rings. The SMILES string of the molecule is O=C(O)N1CC[C@@H](NCc2cccc(N3CCOCC3)c2[N+](=O)[O-])C1. The van der Waals surface area contributed by atoms with E-state index in [1.54, 1.807) is 12.1 Å². The predicted octanol–water partition coefficient (Wildman–Crippen LogP) is 1.27. The van der Waals surface area contributed by atoms with Gasteiger partial charge in [-0.25, -0.2) is 4.79 Å². The maximum absolute atomic E-state index is 11.7. The maximum atomic E-state index is 11.7. The number of nitro benzene ring substituents is 1. The molecule has 2 aliphatic heterocycles. The second-order valence-electron chi connectivity index (χ2n) is 6.24. The van der Waals surface area contributed by atoms with Crippen LogP contribution in [-0.4, -0.2) is 66.5 Å². The van der Waals surface area contributed by atoms with Crippen molar-refractivity contribution in [3.05, 3.63) is 33.9 Å². The fourth-order valence-electron chi connectivity index (χ4n) is 3.35. The molecule has 2 N–H and O–H groups in total. The van der Waals surface area contributed by atoms with Crippen LogP contribution in [0.1, 0.15) is 12.0 Å². The number of nitro groups is 1. The Morgan fingerprint density at radius 2 is 2.12 bits per heavy atom. The summed E-state index contributed by atoms with van der Waals surface area (Å²) >= 11 is 0. The average Bonchev–Trinajstić information content (AvgIpc) is 3.09. The molecule has 1 aromatic carbocycles. The molecule has 3 rings (SSSR count). The molecule has 9 heteroatoms. The number of nitrogens with zero attached hydrogens (tertiary/aromatic N) is 3. The van der Waals surface area contributed by atoms with Crippen molar-refractivity contribution in [1.82, 2.24) is 10.2 Å². The number of rotatable bonds is 5. The van der Waals surface area contributed by atoms with Gasteiger partial charge in [0.05, 0.1) is 18.1 Å². The van der Waals surface area contributed by atoms with Crippen LogP contribution in [0.3, 0.4) is 0 Å². The van der Waals surface area contributed by atoms with Crippen LogP contribution < -0.4 is 10.2 Å². The Balaban J connectivity index is 1.72. The first-order chi connectivity index (χ1) is 12.1. The normalized spacial score (nSPS) is 20.7. The molecule has 25 heavy (non-hydrogen) atoms. The topological polar surface area (TPSA) is 108 Å². The van der Waals surface area contributed by atoms with Gasteiger partial charge in [-0.05, 0) is 12.5 Å². The maximum Gasteiger partial charge on any atom is 0.407 e. The van der Waals surface area contributed by atoms with Gasteiger partial charge < -0.3 is 25.0 Å². The lowest BCUT2D eigenvalue weighted by molar-refractivity contribution is -0.384. The van der Waals surface area contributed by atoms with Crippen LogP contribution in [0.5, 0.6) is 0 Å². The van der Waals surface area contributed by atoms with Crippen molar-refractivity contribution in [2.45, 2.75) is 19.0 Å². The molecule has 9 nitrogen and oxygen atoms in total. The lowest BCUT2D eigenvalue weighted by Gasteiger charge is -2.29. The van der Waals surface area contributed by atoms with Gasteiger partial charge in [0.2, 0.25) is 0 Å². The molecule has 0 spiro atoms. The minimum atomic E-state index is -0.926. The highest BCUT2D eigenvalue weighted by Crippen LogP contribution is 2.32. The first-order valence-corrected chi connectivity index (χ1v) is 8.36. The van der Waals surface area contributed by atoms with Crippen LogP contribution in [0.25, 0.3) is 0 Å². The van der Waals surface area contributed by atoms with E-state index in [1.165, 1.54) is 4.90 Å². The van der Waals surface area contributed by atoms with E-state index in [4.69, 9.17) is 9.84 Å². The van der Waals surface area contributed by atoms with E-state index in [2.05, 4.69) is 5.32 Å². The molecule has 0 saturated carbocycles. The largest absolute Gasteiger partial charge is 0.465 e. The summed E-state index contributed by atoms with van der Waals surface area (Å²) in [5.41, 5.74) is 1.35. The second-order valence-corrected chi connectivity index (χ2v) is 6.24. The summed E-state index contributed by atoms with van der Waals surface area (Å²) < 4.78 is 5.32. The van der Waals surface area contributed by atoms with E-state index in [9.17, 15) is 14.9 Å². The van der Waals surface area contributed by atoms with E-state index >= 15 is 0 Å². The molecule has 0 unspecified atom stereocenters. The highest BCUT2D eigenvalue weighted by atomic mass is 16.6. The summed E-state index contributed by atoms with van der Waals surface area (Å²) in [6.45, 7) is 3.63. The van der Waals surface area contributed by atoms with Gasteiger partial charge in [-0.15, -0.1) is 0 Å². The third kappa shape index (κ3) is 3.99. The Labute approximate surface area is 145 Å². The number of amides is 1. The fraction of sp³-hybridized carbons (Fsp3) is 0.562. The van der Waals surface area contributed by atoms with E-state index in [0.717, 1.165) is 0 Å². The van der Waals surface area contributed by atoms with Crippen molar-refractivity contribution >= 4 is 17.5 Å². The fourth-order valence-corrected chi connectivity index (χ4v) is 3.35. The number of carbonyl (C=O) groups is 1. The van der Waals surface area contributed by atoms with Crippen LogP contribution in [-0.2, 0) is 11.3 Å². The summed E-state index contributed by atoms with van der Waals surface area (Å²) in [5.74, 6) is 0. The Hall–Kier alpha value is -2.39. The summed E-state index contributed by atoms with van der Waals surface area (Å²) in [6, 6.07) is 5.36. The number of anilines is 1. The second kappa shape index (κ2) is 7.66. The third-order valence-electron chi connectivity index (χ3n) is 4.67. The monoisotopic (exact) mass is 350 g/mol. The number of morpholine rings is 1. The number of para-hydroxylation sites is 1. The van der Waals surface area contributed by atoms with Crippen molar-refractivity contribution in [2.75, 3.05) is 44.3 Å². The first-order valence-electron chi connectivity index (χ1n) is 8.36. The molecule has 0 radical (unpaired) electrons. The summed E-state index contributed by atoms with van der Waals surface area (Å²) in [5, 5.41) is 23.9. The smallest absolute Gasteiger partial charge is 0.407 e. The lowest BCUT2D eigenvalue weighted by atomic mass is 10.1. The molecule has 2 saturated heterocycles. The molecular formula is C16H22N4O5. The quantitative estimate of drug-likeness (QED) is 0.608. The molecule has 2 aliphatic rings. The van der Waals surface area contributed by atoms with Crippen molar-refractivity contribution in [3.8, 4) is 0 Å². The average molecular weight is 350 g/mol. The number of carboxylic acid groups (broad SMARTS) is 1. The first kappa shape index (κ1) is 17.4. The van der Waals surface area contributed by atoms with Gasteiger partial charge in [-0.2, -0.15) is 0 Å². The van der Waals surface area contributed by atoms with Gasteiger partial charge in [0.25, 0.3) is 5.69 Å². The van der Waals surface area contributed by atoms with E-state index in [1.807, 2.05) is 11.0 Å². The number of ether oxygens (including phenoxy) is 1. The third-order valence-corrected chi connectivity index (χ3v) is 4.67. The standard InChI is InChI=1S/C16H22N4O5/c21-16(22)19-5-4-13(11-19)17-10-12-2-1-3-14(15(12)20(23)24)18-6-8-25-9-7-18/h1-3,13,17H,4-11H2,(H,21,22)/t13-/m1/s1. The van der Waals surface area contributed by atoms with Crippen LogP contribution >= 0.6 is 0 Å². The number of hydrogen-bond donors (Lipinski definition) is 2. The van der Waals surface area contributed by atoms with Gasteiger partial charge in [0.1, 0.15) is 5.69 Å². The Kier molecular flexibility index (Phi) is 5.34. The van der Waals surface area contributed by atoms with Gasteiger partial charge in [0, 0.05) is 44.3 Å². The summed E-state index contributed by atoms with van der Waals surface area (Å²) in [4.78, 5) is 25.6. The molecule has 0 bridgehead atoms. The zero-order valence-electron chi connectivity index (χ0n) is 13.9. The Morgan fingerprint density at radius 1 is 1.36 bits per heavy atom. The molecule has 0 aliphatic carbocycles. The number of likely N-dealkylation sites (tertiary alicyclic amines) is 1. The number of nitrogens with one attached hydrogen (secondary N) is 1. The number of hydrogen-bond acceptors (Lipinski definition) is 6. The van der Waals surface area contributed by atoms with Crippen LogP contribution in [0.15, 0.2) is 18.2 Å². The molecular weight excluding hydrogens is 328 g/mol. The van der Waals surface area contributed by atoms with Gasteiger partial charge >= 0.3 is 6.09 Å². The van der Waals surface area contributed by atoms with Crippen LogP contribution in [0, 0.1) is 10.1 Å². The highest BCUT2D eigenvalue weighted by molar-refractivity contribution is 5.67. The van der Waals surface area contributed by atoms with E-state index in [0.29, 0.717) is 63.6 Å². The predicted molar refractivity (Wildman–Crippen MR) is 91.0 cm³/mol. The van der Waals surface area contributed by atoms with Crippen molar-refractivity contribution < 1.29 is 19.6 Å². The zero-order valence-corrected chi connectivity index (χ0v) is 13.9. The Morgan fingerprint density at radius 3 is 2.76 bits per heavy atom. The molecule has 1 atom stereocenters. The summed E-state index contributed by atoms with van der Waals surface area (Å²) in [6.07, 6.45) is -0.215. The molecule has 2 heterocycles. The molecule has 136 valence electrons. The highest BCUT2D eigenvalue weighted by Gasteiger charge is 2.28. The van der Waals surface area contributed by atoms with Crippen molar-refractivity contribution in [3.63, 3.8) is 0 Å². The summed E-state index contributed by atoms with van der Waals surface area (Å²) in [7, 11) is 0. The minimum absolute atomic E-state index is 0.0164. The van der Waals surface area contributed by atoms with E-state index < -0.39 is 6.09 Å². The van der Waals surface area contributed by atoms with E-state index in [-0.39, 0.29) is 16.7 Å². The zero-order chi connectivity index (χ0) is 17.8. The van der Waals surface area contributed by atoms with Gasteiger partial charge in [-0.1, -0.05) is 12.1 Å². The van der Waals surface area contributed by atoms with Crippen LogP contribution in [0.2, 0.25) is 0 Å². The van der Waals surface area contributed by atoms with Gasteiger partial charge in [0.15, 0.2) is 0 Å². The van der Waals surface area contributed by atoms with Crippen molar-refractivity contribution in [1.29, 1.82) is 0 Å². The minimum Gasteiger partial charge on any atom is -0.465 e. The molecule has 1 aromatic rings. The number of benzene rings is 1. The lowest BCUT2D eigenvalue weighted by Crippen LogP contribution is -2.37.